The van der Waals surface area contributed by atoms with Crippen molar-refractivity contribution < 1.29 is 9.84 Å². The molecule has 0 bridgehead atoms. The van der Waals surface area contributed by atoms with Gasteiger partial charge in [-0.2, -0.15) is 0 Å². The number of aliphatic hydroxyl groups is 1. The zero-order valence-corrected chi connectivity index (χ0v) is 11.5. The highest BCUT2D eigenvalue weighted by molar-refractivity contribution is 6.30. The second kappa shape index (κ2) is 6.55. The summed E-state index contributed by atoms with van der Waals surface area (Å²) >= 11 is 5.83. The molecule has 0 aliphatic carbocycles. The fourth-order valence-corrected chi connectivity index (χ4v) is 1.95. The molecule has 0 fully saturated rings. The highest BCUT2D eigenvalue weighted by Gasteiger charge is 2.10. The van der Waals surface area contributed by atoms with E-state index in [0.29, 0.717) is 23.8 Å². The van der Waals surface area contributed by atoms with Crippen LogP contribution in [-0.2, 0) is 6.42 Å². The van der Waals surface area contributed by atoms with Crippen LogP contribution in [0.4, 0.5) is 0 Å². The highest BCUT2D eigenvalue weighted by Crippen LogP contribution is 2.22. The summed E-state index contributed by atoms with van der Waals surface area (Å²) in [4.78, 5) is 4.07. The first-order chi connectivity index (χ1) is 9.19. The Morgan fingerprint density at radius 3 is 2.68 bits per heavy atom. The molecule has 1 heterocycles. The number of benzene rings is 1. The van der Waals surface area contributed by atoms with Gasteiger partial charge >= 0.3 is 0 Å². The van der Waals surface area contributed by atoms with Crippen LogP contribution in [0.2, 0.25) is 5.02 Å². The van der Waals surface area contributed by atoms with Crippen LogP contribution in [0.5, 0.6) is 5.75 Å². The fourth-order valence-electron chi connectivity index (χ4n) is 1.83. The van der Waals surface area contributed by atoms with E-state index >= 15 is 0 Å². The van der Waals surface area contributed by atoms with Crippen LogP contribution >= 0.6 is 11.6 Å². The van der Waals surface area contributed by atoms with Crippen molar-refractivity contribution in [2.24, 2.45) is 0 Å². The Balaban J connectivity index is 2.08. The predicted molar refractivity (Wildman–Crippen MR) is 75.5 cm³/mol. The minimum atomic E-state index is -0.603. The summed E-state index contributed by atoms with van der Waals surface area (Å²) < 4.78 is 5.37. The molecule has 0 amide bonds. The molecule has 0 saturated heterocycles. The summed E-state index contributed by atoms with van der Waals surface area (Å²) in [7, 11) is 0. The van der Waals surface area contributed by atoms with Crippen LogP contribution in [0, 0.1) is 0 Å². The lowest BCUT2D eigenvalue weighted by molar-refractivity contribution is 0.177. The van der Waals surface area contributed by atoms with Crippen molar-refractivity contribution in [2.75, 3.05) is 6.61 Å². The van der Waals surface area contributed by atoms with Crippen molar-refractivity contribution in [1.82, 2.24) is 4.98 Å². The van der Waals surface area contributed by atoms with Gasteiger partial charge in [0, 0.05) is 23.2 Å². The number of ether oxygens (including phenoxy) is 1. The normalized spacial score (nSPS) is 12.2. The molecule has 0 radical (unpaired) electrons. The van der Waals surface area contributed by atoms with Crippen LogP contribution in [0.25, 0.3) is 0 Å². The number of nitrogens with zero attached hydrogens (tertiary/aromatic N) is 1. The van der Waals surface area contributed by atoms with E-state index in [0.717, 1.165) is 11.1 Å². The molecule has 19 heavy (non-hydrogen) atoms. The van der Waals surface area contributed by atoms with Crippen molar-refractivity contribution in [3.05, 3.63) is 58.9 Å². The third-order valence-corrected chi connectivity index (χ3v) is 3.02. The minimum absolute atomic E-state index is 0.522. The summed E-state index contributed by atoms with van der Waals surface area (Å²) in [5.74, 6) is 0.676. The smallest absolute Gasteiger partial charge is 0.137 e. The third kappa shape index (κ3) is 3.94. The number of hydrogen-bond acceptors (Lipinski definition) is 3. The monoisotopic (exact) mass is 277 g/mol. The maximum absolute atomic E-state index is 10.2. The standard InChI is InChI=1S/C15H16ClNO2/c1-2-19-14-8-12(9-17-10-14)15(18)7-11-3-5-13(16)6-4-11/h3-6,8-10,15,18H,2,7H2,1H3. The largest absolute Gasteiger partial charge is 0.492 e. The van der Waals surface area contributed by atoms with E-state index in [4.69, 9.17) is 16.3 Å². The number of pyridine rings is 1. The van der Waals surface area contributed by atoms with E-state index in [1.165, 1.54) is 0 Å². The van der Waals surface area contributed by atoms with Crippen molar-refractivity contribution in [2.45, 2.75) is 19.4 Å². The Morgan fingerprint density at radius 1 is 1.26 bits per heavy atom. The average Bonchev–Trinajstić information content (AvgIpc) is 2.42. The average molecular weight is 278 g/mol. The Morgan fingerprint density at radius 2 is 2.00 bits per heavy atom. The zero-order chi connectivity index (χ0) is 13.7. The summed E-state index contributed by atoms with van der Waals surface area (Å²) in [5, 5.41) is 10.9. The fraction of sp³-hybridized carbons (Fsp3) is 0.267. The molecule has 1 N–H and O–H groups in total. The Labute approximate surface area is 117 Å². The first-order valence-electron chi connectivity index (χ1n) is 6.19. The minimum Gasteiger partial charge on any atom is -0.492 e. The SMILES string of the molecule is CCOc1cncc(C(O)Cc2ccc(Cl)cc2)c1. The number of rotatable bonds is 5. The molecule has 3 nitrogen and oxygen atoms in total. The van der Waals surface area contributed by atoms with Gasteiger partial charge in [-0.1, -0.05) is 23.7 Å². The number of aliphatic hydroxyl groups excluding tert-OH is 1. The van der Waals surface area contributed by atoms with Gasteiger partial charge in [0.15, 0.2) is 0 Å². The van der Waals surface area contributed by atoms with Crippen LogP contribution in [0.3, 0.4) is 0 Å². The van der Waals surface area contributed by atoms with E-state index in [-0.39, 0.29) is 0 Å². The Bertz CT molecular complexity index is 528. The third-order valence-electron chi connectivity index (χ3n) is 2.77. The second-order valence-corrected chi connectivity index (χ2v) is 4.67. The van der Waals surface area contributed by atoms with Gasteiger partial charge in [-0.15, -0.1) is 0 Å². The highest BCUT2D eigenvalue weighted by atomic mass is 35.5. The number of hydrogen-bond donors (Lipinski definition) is 1. The van der Waals surface area contributed by atoms with Crippen LogP contribution in [0.15, 0.2) is 42.7 Å². The van der Waals surface area contributed by atoms with Crippen molar-refractivity contribution in [1.29, 1.82) is 0 Å². The lowest BCUT2D eigenvalue weighted by Gasteiger charge is -2.12. The topological polar surface area (TPSA) is 42.4 Å². The quantitative estimate of drug-likeness (QED) is 0.911. The van der Waals surface area contributed by atoms with Gasteiger partial charge in [-0.05, 0) is 30.7 Å². The summed E-state index contributed by atoms with van der Waals surface area (Å²) in [5.41, 5.74) is 1.78. The molecule has 0 aliphatic rings. The van der Waals surface area contributed by atoms with Gasteiger partial charge in [0.05, 0.1) is 18.9 Å². The molecule has 1 aromatic carbocycles. The molecule has 1 unspecified atom stereocenters. The Kier molecular flexibility index (Phi) is 4.77. The summed E-state index contributed by atoms with van der Waals surface area (Å²) in [6.07, 6.45) is 3.22. The zero-order valence-electron chi connectivity index (χ0n) is 10.7. The molecule has 1 atom stereocenters. The maximum Gasteiger partial charge on any atom is 0.137 e. The molecule has 100 valence electrons. The van der Waals surface area contributed by atoms with Crippen LogP contribution < -0.4 is 4.74 Å². The van der Waals surface area contributed by atoms with Gasteiger partial charge in [-0.25, -0.2) is 0 Å². The Hall–Kier alpha value is -1.58. The molecular formula is C15H16ClNO2. The van der Waals surface area contributed by atoms with E-state index < -0.39 is 6.10 Å². The van der Waals surface area contributed by atoms with Crippen molar-refractivity contribution in [3.63, 3.8) is 0 Å². The lowest BCUT2D eigenvalue weighted by Crippen LogP contribution is -2.03. The molecular weight excluding hydrogens is 262 g/mol. The maximum atomic E-state index is 10.2. The van der Waals surface area contributed by atoms with E-state index in [1.807, 2.05) is 37.3 Å². The molecule has 0 saturated carbocycles. The predicted octanol–water partition coefficient (Wildman–Crippen LogP) is 3.41. The molecule has 0 aliphatic heterocycles. The summed E-state index contributed by atoms with van der Waals surface area (Å²) in [6, 6.07) is 9.27. The van der Waals surface area contributed by atoms with Gasteiger partial charge in [-0.3, -0.25) is 4.98 Å². The second-order valence-electron chi connectivity index (χ2n) is 4.23. The van der Waals surface area contributed by atoms with Crippen molar-refractivity contribution >= 4 is 11.6 Å². The van der Waals surface area contributed by atoms with Crippen LogP contribution in [-0.4, -0.2) is 16.7 Å². The van der Waals surface area contributed by atoms with E-state index in [1.54, 1.807) is 12.4 Å². The van der Waals surface area contributed by atoms with E-state index in [9.17, 15) is 5.11 Å². The lowest BCUT2D eigenvalue weighted by atomic mass is 10.0. The summed E-state index contributed by atoms with van der Waals surface area (Å²) in [6.45, 7) is 2.50. The first kappa shape index (κ1) is 13.8. The number of halogens is 1. The molecule has 2 rings (SSSR count). The molecule has 0 spiro atoms. The van der Waals surface area contributed by atoms with E-state index in [2.05, 4.69) is 4.98 Å². The van der Waals surface area contributed by atoms with Gasteiger partial charge in [0.25, 0.3) is 0 Å². The number of aromatic nitrogens is 1. The van der Waals surface area contributed by atoms with Gasteiger partial charge in [0.1, 0.15) is 5.75 Å². The van der Waals surface area contributed by atoms with Gasteiger partial charge < -0.3 is 9.84 Å². The molecule has 1 aromatic heterocycles. The molecule has 4 heteroatoms. The van der Waals surface area contributed by atoms with Crippen LogP contribution in [0.1, 0.15) is 24.2 Å². The molecule has 2 aromatic rings. The van der Waals surface area contributed by atoms with Gasteiger partial charge in [0.2, 0.25) is 0 Å². The van der Waals surface area contributed by atoms with Crippen molar-refractivity contribution in [3.8, 4) is 5.75 Å². The first-order valence-corrected chi connectivity index (χ1v) is 6.57.